The van der Waals surface area contributed by atoms with Crippen molar-refractivity contribution in [3.63, 3.8) is 0 Å². The summed E-state index contributed by atoms with van der Waals surface area (Å²) >= 11 is 0. The molecule has 3 aromatic rings. The molecule has 0 saturated carbocycles. The topological polar surface area (TPSA) is 117 Å². The first kappa shape index (κ1) is 26.1. The molecule has 1 heterocycles. The van der Waals surface area contributed by atoms with Crippen LogP contribution in [0.15, 0.2) is 48.7 Å². The van der Waals surface area contributed by atoms with E-state index >= 15 is 0 Å². The molecule has 3 rings (SSSR count). The van der Waals surface area contributed by atoms with Gasteiger partial charge in [0.2, 0.25) is 5.95 Å². The summed E-state index contributed by atoms with van der Waals surface area (Å²) in [6, 6.07) is 11.6. The second kappa shape index (κ2) is 10.8. The summed E-state index contributed by atoms with van der Waals surface area (Å²) in [5.74, 6) is -0.764. The Hall–Kier alpha value is -3.56. The Labute approximate surface area is 203 Å². The Morgan fingerprint density at radius 1 is 1.09 bits per heavy atom. The first-order valence-corrected chi connectivity index (χ1v) is 13.4. The summed E-state index contributed by atoms with van der Waals surface area (Å²) < 4.78 is 27.1. The van der Waals surface area contributed by atoms with Crippen LogP contribution in [-0.4, -0.2) is 67.4 Å². The molecule has 0 aliphatic heterocycles. The van der Waals surface area contributed by atoms with Crippen molar-refractivity contribution >= 4 is 47.0 Å². The number of para-hydroxylation sites is 1. The van der Waals surface area contributed by atoms with Crippen LogP contribution in [0.25, 0.3) is 0 Å². The summed E-state index contributed by atoms with van der Waals surface area (Å²) in [5, 5.41) is 18.1. The van der Waals surface area contributed by atoms with Crippen LogP contribution in [0.2, 0.25) is 0 Å². The normalized spacial score (nSPS) is 11.4. The van der Waals surface area contributed by atoms with Gasteiger partial charge in [0.05, 0.1) is 16.8 Å². The minimum atomic E-state index is -2.63. The molecule has 10 nitrogen and oxygen atoms in total. The van der Waals surface area contributed by atoms with Crippen molar-refractivity contribution in [2.75, 3.05) is 63.1 Å². The highest BCUT2D eigenvalue weighted by molar-refractivity contribution is 7.70. The highest BCUT2D eigenvalue weighted by Crippen LogP contribution is 2.38. The van der Waals surface area contributed by atoms with Gasteiger partial charge in [0.15, 0.2) is 11.6 Å². The predicted molar refractivity (Wildman–Crippen MR) is 139 cm³/mol. The molecular formula is C23H29FN7O3P. The van der Waals surface area contributed by atoms with Crippen LogP contribution < -0.4 is 20.8 Å². The molecule has 0 saturated heterocycles. The van der Waals surface area contributed by atoms with Crippen molar-refractivity contribution in [1.82, 2.24) is 14.9 Å². The molecule has 0 spiro atoms. The second-order valence-corrected chi connectivity index (χ2v) is 11.9. The number of anilines is 5. The Kier molecular flexibility index (Phi) is 8.03. The number of hydrogen-bond donors (Lipinski definition) is 2. The van der Waals surface area contributed by atoms with E-state index in [-0.39, 0.29) is 17.5 Å². The smallest absolute Gasteiger partial charge is 0.294 e. The van der Waals surface area contributed by atoms with Crippen molar-refractivity contribution in [3.05, 3.63) is 64.6 Å². The van der Waals surface area contributed by atoms with E-state index in [1.807, 2.05) is 23.9 Å². The molecule has 186 valence electrons. The van der Waals surface area contributed by atoms with Gasteiger partial charge in [0.25, 0.3) is 5.69 Å². The van der Waals surface area contributed by atoms with Crippen molar-refractivity contribution < 1.29 is 13.9 Å². The predicted octanol–water partition coefficient (Wildman–Crippen LogP) is 4.26. The number of halogens is 1. The molecule has 0 aliphatic carbocycles. The Morgan fingerprint density at radius 3 is 2.46 bits per heavy atom. The maximum atomic E-state index is 14.5. The Balaban J connectivity index is 1.87. The standard InChI is InChI=1S/C23H29FN7O3P/c1-29(2)12-13-30(3)19-11-10-16(14-20(19)31(32)33)26-23-25-15-17(24)22(28-23)27-18-8-6-7-9-21(18)35(4,5)34/h6-11,14-15H,12-13H2,1-5H3,(H2,25,26,27,28). The van der Waals surface area contributed by atoms with Crippen LogP contribution in [0, 0.1) is 15.9 Å². The molecule has 0 fully saturated rings. The molecular weight excluding hydrogens is 472 g/mol. The molecule has 1 aromatic heterocycles. The minimum Gasteiger partial charge on any atom is -0.368 e. The van der Waals surface area contributed by atoms with Gasteiger partial charge >= 0.3 is 0 Å². The molecule has 0 amide bonds. The average molecular weight is 502 g/mol. The van der Waals surface area contributed by atoms with Gasteiger partial charge in [-0.1, -0.05) is 12.1 Å². The van der Waals surface area contributed by atoms with E-state index in [9.17, 15) is 19.1 Å². The fourth-order valence-electron chi connectivity index (χ4n) is 3.36. The maximum absolute atomic E-state index is 14.5. The van der Waals surface area contributed by atoms with Crippen molar-refractivity contribution in [1.29, 1.82) is 0 Å². The third kappa shape index (κ3) is 6.74. The number of likely N-dealkylation sites (N-methyl/N-ethyl adjacent to an activating group) is 2. The highest BCUT2D eigenvalue weighted by atomic mass is 31.2. The number of rotatable bonds is 10. The number of nitro groups is 1. The van der Waals surface area contributed by atoms with E-state index in [0.29, 0.717) is 28.9 Å². The van der Waals surface area contributed by atoms with Gasteiger partial charge in [-0.05, 0) is 51.7 Å². The lowest BCUT2D eigenvalue weighted by atomic mass is 10.2. The van der Waals surface area contributed by atoms with Crippen LogP contribution in [0.4, 0.5) is 38.9 Å². The van der Waals surface area contributed by atoms with Crippen LogP contribution in [0.1, 0.15) is 0 Å². The quantitative estimate of drug-likeness (QED) is 0.239. The molecule has 2 aromatic carbocycles. The molecule has 0 aliphatic rings. The van der Waals surface area contributed by atoms with Gasteiger partial charge in [-0.25, -0.2) is 9.37 Å². The maximum Gasteiger partial charge on any atom is 0.294 e. The van der Waals surface area contributed by atoms with Crippen LogP contribution >= 0.6 is 7.14 Å². The van der Waals surface area contributed by atoms with Crippen LogP contribution in [0.3, 0.4) is 0 Å². The Morgan fingerprint density at radius 2 is 1.80 bits per heavy atom. The van der Waals surface area contributed by atoms with Gasteiger partial charge in [-0.3, -0.25) is 10.1 Å². The summed E-state index contributed by atoms with van der Waals surface area (Å²) in [6.45, 7) is 4.61. The third-order valence-corrected chi connectivity index (χ3v) is 6.75. The zero-order valence-electron chi connectivity index (χ0n) is 20.3. The number of nitro benzene ring substituents is 1. The van der Waals surface area contributed by atoms with Gasteiger partial charge < -0.3 is 25.0 Å². The zero-order chi connectivity index (χ0) is 25.8. The zero-order valence-corrected chi connectivity index (χ0v) is 21.2. The lowest BCUT2D eigenvalue weighted by Crippen LogP contribution is -2.28. The largest absolute Gasteiger partial charge is 0.368 e. The summed E-state index contributed by atoms with van der Waals surface area (Å²) in [4.78, 5) is 23.2. The number of benzene rings is 2. The number of nitrogens with zero attached hydrogens (tertiary/aromatic N) is 5. The first-order chi connectivity index (χ1) is 16.5. The molecule has 0 bridgehead atoms. The fraction of sp³-hybridized carbons (Fsp3) is 0.304. The second-order valence-electron chi connectivity index (χ2n) is 8.69. The third-order valence-electron chi connectivity index (χ3n) is 5.20. The van der Waals surface area contributed by atoms with Crippen LogP contribution in [-0.2, 0) is 4.57 Å². The Bertz CT molecular complexity index is 1270. The monoisotopic (exact) mass is 501 g/mol. The number of nitrogens with one attached hydrogen (secondary N) is 2. The first-order valence-electron chi connectivity index (χ1n) is 10.8. The van der Waals surface area contributed by atoms with Crippen molar-refractivity contribution in [2.45, 2.75) is 0 Å². The molecule has 0 radical (unpaired) electrons. The average Bonchev–Trinajstić information content (AvgIpc) is 2.79. The van der Waals surface area contributed by atoms with E-state index < -0.39 is 17.9 Å². The lowest BCUT2D eigenvalue weighted by Gasteiger charge is -2.21. The molecule has 12 heteroatoms. The van der Waals surface area contributed by atoms with Crippen molar-refractivity contribution in [3.8, 4) is 0 Å². The summed E-state index contributed by atoms with van der Waals surface area (Å²) in [7, 11) is 3.03. The van der Waals surface area contributed by atoms with Gasteiger partial charge in [-0.15, -0.1) is 0 Å². The SMILES string of the molecule is CN(C)CCN(C)c1ccc(Nc2ncc(F)c(Nc3ccccc3P(C)(C)=O)n2)cc1[N+](=O)[O-]. The van der Waals surface area contributed by atoms with Gasteiger partial charge in [0.1, 0.15) is 12.8 Å². The highest BCUT2D eigenvalue weighted by Gasteiger charge is 2.20. The van der Waals surface area contributed by atoms with Crippen LogP contribution in [0.5, 0.6) is 0 Å². The molecule has 0 unspecified atom stereocenters. The molecule has 0 atom stereocenters. The lowest BCUT2D eigenvalue weighted by molar-refractivity contribution is -0.384. The summed E-state index contributed by atoms with van der Waals surface area (Å²) in [5.41, 5.74) is 1.26. The molecule has 35 heavy (non-hydrogen) atoms. The van der Waals surface area contributed by atoms with E-state index in [2.05, 4.69) is 20.6 Å². The van der Waals surface area contributed by atoms with E-state index in [4.69, 9.17) is 0 Å². The fourth-order valence-corrected chi connectivity index (χ4v) is 4.52. The van der Waals surface area contributed by atoms with Crippen molar-refractivity contribution in [2.24, 2.45) is 0 Å². The number of hydrogen-bond acceptors (Lipinski definition) is 9. The number of aromatic nitrogens is 2. The minimum absolute atomic E-state index is 0.0468. The van der Waals surface area contributed by atoms with Gasteiger partial charge in [0, 0.05) is 37.2 Å². The van der Waals surface area contributed by atoms with E-state index in [1.165, 1.54) is 6.07 Å². The molecule has 2 N–H and O–H groups in total. The van der Waals surface area contributed by atoms with E-state index in [1.54, 1.807) is 56.8 Å². The van der Waals surface area contributed by atoms with Gasteiger partial charge in [-0.2, -0.15) is 4.98 Å². The summed E-state index contributed by atoms with van der Waals surface area (Å²) in [6.07, 6.45) is 0.996. The van der Waals surface area contributed by atoms with E-state index in [0.717, 1.165) is 12.7 Å².